The molecule has 2 rings (SSSR count). The fourth-order valence-corrected chi connectivity index (χ4v) is 2.18. The Hall–Kier alpha value is -1.05. The standard InChI is InChI=1S/C11H14BrF3N4/c1-2-16-10-17-5-8(12)9(18-10)19(7-3-4-7)6-11(13,14)15/h5,7H,2-4,6H2,1H3,(H,16,17,18). The Morgan fingerprint density at radius 2 is 2.16 bits per heavy atom. The van der Waals surface area contributed by atoms with Gasteiger partial charge in [0.25, 0.3) is 0 Å². The van der Waals surface area contributed by atoms with E-state index in [2.05, 4.69) is 31.2 Å². The predicted octanol–water partition coefficient (Wildman–Crippen LogP) is 3.20. The van der Waals surface area contributed by atoms with Crippen LogP contribution in [0.4, 0.5) is 24.9 Å². The molecule has 1 aliphatic rings. The third kappa shape index (κ3) is 3.95. The highest BCUT2D eigenvalue weighted by Gasteiger charge is 2.39. The summed E-state index contributed by atoms with van der Waals surface area (Å²) in [6, 6.07) is -0.0812. The molecular formula is C11H14BrF3N4. The summed E-state index contributed by atoms with van der Waals surface area (Å²) in [5, 5.41) is 2.90. The van der Waals surface area contributed by atoms with Crippen LogP contribution in [-0.4, -0.2) is 35.3 Å². The molecule has 1 N–H and O–H groups in total. The fourth-order valence-electron chi connectivity index (χ4n) is 1.76. The Kier molecular flexibility index (Phi) is 4.17. The summed E-state index contributed by atoms with van der Waals surface area (Å²) in [6.07, 6.45) is -1.23. The van der Waals surface area contributed by atoms with Crippen LogP contribution < -0.4 is 10.2 Å². The number of aromatic nitrogens is 2. The van der Waals surface area contributed by atoms with Crippen LogP contribution in [0.2, 0.25) is 0 Å². The SMILES string of the molecule is CCNc1ncc(Br)c(N(CC(F)(F)F)C2CC2)n1. The van der Waals surface area contributed by atoms with Gasteiger partial charge in [0.2, 0.25) is 5.95 Å². The van der Waals surface area contributed by atoms with Crippen molar-refractivity contribution in [1.82, 2.24) is 9.97 Å². The molecule has 0 atom stereocenters. The maximum absolute atomic E-state index is 12.6. The van der Waals surface area contributed by atoms with Crippen molar-refractivity contribution in [2.45, 2.75) is 32.0 Å². The third-order valence-corrected chi connectivity index (χ3v) is 3.23. The number of hydrogen-bond donors (Lipinski definition) is 1. The fraction of sp³-hybridized carbons (Fsp3) is 0.636. The minimum atomic E-state index is -4.24. The monoisotopic (exact) mass is 338 g/mol. The van der Waals surface area contributed by atoms with E-state index in [4.69, 9.17) is 0 Å². The second kappa shape index (κ2) is 5.52. The summed E-state index contributed by atoms with van der Waals surface area (Å²) >= 11 is 3.22. The molecule has 1 heterocycles. The van der Waals surface area contributed by atoms with E-state index in [0.29, 0.717) is 22.8 Å². The first-order valence-electron chi connectivity index (χ1n) is 6.00. The molecular weight excluding hydrogens is 325 g/mol. The Morgan fingerprint density at radius 1 is 1.47 bits per heavy atom. The quantitative estimate of drug-likeness (QED) is 0.895. The largest absolute Gasteiger partial charge is 0.405 e. The summed E-state index contributed by atoms with van der Waals surface area (Å²) in [5.74, 6) is 0.638. The first-order chi connectivity index (χ1) is 8.90. The normalized spacial score (nSPS) is 15.4. The maximum atomic E-state index is 12.6. The molecule has 0 radical (unpaired) electrons. The number of hydrogen-bond acceptors (Lipinski definition) is 4. The molecule has 4 nitrogen and oxygen atoms in total. The molecule has 1 saturated carbocycles. The van der Waals surface area contributed by atoms with Gasteiger partial charge in [-0.2, -0.15) is 18.2 Å². The van der Waals surface area contributed by atoms with Gasteiger partial charge in [-0.25, -0.2) is 4.98 Å². The molecule has 0 amide bonds. The van der Waals surface area contributed by atoms with Gasteiger partial charge in [-0.1, -0.05) is 0 Å². The molecule has 19 heavy (non-hydrogen) atoms. The van der Waals surface area contributed by atoms with Crippen LogP contribution in [0.5, 0.6) is 0 Å². The van der Waals surface area contributed by atoms with Gasteiger partial charge in [0.15, 0.2) is 0 Å². The summed E-state index contributed by atoms with van der Waals surface area (Å²) < 4.78 is 38.4. The zero-order chi connectivity index (χ0) is 14.0. The molecule has 1 aliphatic carbocycles. The van der Waals surface area contributed by atoms with Crippen molar-refractivity contribution in [2.75, 3.05) is 23.3 Å². The molecule has 0 saturated heterocycles. The molecule has 0 spiro atoms. The van der Waals surface area contributed by atoms with Gasteiger partial charge < -0.3 is 10.2 Å². The van der Waals surface area contributed by atoms with E-state index in [0.717, 1.165) is 12.8 Å². The van der Waals surface area contributed by atoms with Gasteiger partial charge in [-0.05, 0) is 35.7 Å². The summed E-state index contributed by atoms with van der Waals surface area (Å²) in [4.78, 5) is 9.47. The van der Waals surface area contributed by atoms with E-state index >= 15 is 0 Å². The van der Waals surface area contributed by atoms with E-state index in [1.54, 1.807) is 0 Å². The van der Waals surface area contributed by atoms with Crippen LogP contribution in [0.1, 0.15) is 19.8 Å². The van der Waals surface area contributed by atoms with E-state index in [1.807, 2.05) is 6.92 Å². The van der Waals surface area contributed by atoms with E-state index < -0.39 is 12.7 Å². The Balaban J connectivity index is 2.27. The second-order valence-corrected chi connectivity index (χ2v) is 5.22. The molecule has 0 unspecified atom stereocenters. The van der Waals surface area contributed by atoms with E-state index in [9.17, 15) is 13.2 Å². The van der Waals surface area contributed by atoms with E-state index in [1.165, 1.54) is 11.1 Å². The van der Waals surface area contributed by atoms with Crippen molar-refractivity contribution in [1.29, 1.82) is 0 Å². The molecule has 1 aromatic rings. The van der Waals surface area contributed by atoms with Gasteiger partial charge in [0.05, 0.1) is 4.47 Å². The Morgan fingerprint density at radius 3 is 2.68 bits per heavy atom. The minimum Gasteiger partial charge on any atom is -0.354 e. The van der Waals surface area contributed by atoms with Crippen LogP contribution in [0, 0.1) is 0 Å². The van der Waals surface area contributed by atoms with Crippen LogP contribution in [0.15, 0.2) is 10.7 Å². The molecule has 1 fully saturated rings. The Labute approximate surface area is 117 Å². The molecule has 0 bridgehead atoms. The van der Waals surface area contributed by atoms with Crippen LogP contribution in [0.3, 0.4) is 0 Å². The number of alkyl halides is 3. The first-order valence-corrected chi connectivity index (χ1v) is 6.80. The topological polar surface area (TPSA) is 41.1 Å². The third-order valence-electron chi connectivity index (χ3n) is 2.67. The lowest BCUT2D eigenvalue weighted by molar-refractivity contribution is -0.120. The number of nitrogens with one attached hydrogen (secondary N) is 1. The van der Waals surface area contributed by atoms with Gasteiger partial charge in [-0.3, -0.25) is 0 Å². The summed E-state index contributed by atoms with van der Waals surface area (Å²) in [7, 11) is 0. The van der Waals surface area contributed by atoms with Crippen molar-refractivity contribution in [3.05, 3.63) is 10.7 Å². The highest BCUT2D eigenvalue weighted by atomic mass is 79.9. The predicted molar refractivity (Wildman–Crippen MR) is 70.3 cm³/mol. The van der Waals surface area contributed by atoms with Crippen LogP contribution in [-0.2, 0) is 0 Å². The molecule has 8 heteroatoms. The molecule has 0 aliphatic heterocycles. The molecule has 106 valence electrons. The lowest BCUT2D eigenvalue weighted by atomic mass is 10.4. The van der Waals surface area contributed by atoms with Crippen molar-refractivity contribution in [3.8, 4) is 0 Å². The summed E-state index contributed by atoms with van der Waals surface area (Å²) in [5.41, 5.74) is 0. The number of nitrogens with zero attached hydrogens (tertiary/aromatic N) is 3. The average molecular weight is 339 g/mol. The van der Waals surface area contributed by atoms with Gasteiger partial charge in [-0.15, -0.1) is 0 Å². The van der Waals surface area contributed by atoms with Gasteiger partial charge in [0.1, 0.15) is 12.4 Å². The summed E-state index contributed by atoms with van der Waals surface area (Å²) in [6.45, 7) is 1.50. The van der Waals surface area contributed by atoms with Crippen LogP contribution >= 0.6 is 15.9 Å². The lowest BCUT2D eigenvalue weighted by Gasteiger charge is -2.25. The lowest BCUT2D eigenvalue weighted by Crippen LogP contribution is -2.37. The van der Waals surface area contributed by atoms with Crippen molar-refractivity contribution in [2.24, 2.45) is 0 Å². The van der Waals surface area contributed by atoms with Crippen molar-refractivity contribution in [3.63, 3.8) is 0 Å². The zero-order valence-electron chi connectivity index (χ0n) is 10.3. The van der Waals surface area contributed by atoms with Crippen LogP contribution in [0.25, 0.3) is 0 Å². The zero-order valence-corrected chi connectivity index (χ0v) is 11.9. The number of anilines is 2. The maximum Gasteiger partial charge on any atom is 0.405 e. The number of halogens is 4. The second-order valence-electron chi connectivity index (χ2n) is 4.37. The van der Waals surface area contributed by atoms with Crippen molar-refractivity contribution >= 4 is 27.7 Å². The average Bonchev–Trinajstić information content (AvgIpc) is 3.12. The smallest absolute Gasteiger partial charge is 0.354 e. The highest BCUT2D eigenvalue weighted by molar-refractivity contribution is 9.10. The van der Waals surface area contributed by atoms with Crippen molar-refractivity contribution < 1.29 is 13.2 Å². The molecule has 1 aromatic heterocycles. The number of rotatable bonds is 5. The Bertz CT molecular complexity index is 448. The highest BCUT2D eigenvalue weighted by Crippen LogP contribution is 2.36. The van der Waals surface area contributed by atoms with Gasteiger partial charge >= 0.3 is 6.18 Å². The minimum absolute atomic E-state index is 0.0812. The first kappa shape index (κ1) is 14.4. The van der Waals surface area contributed by atoms with Gasteiger partial charge in [0, 0.05) is 18.8 Å². The van der Waals surface area contributed by atoms with E-state index in [-0.39, 0.29) is 6.04 Å². The molecule has 0 aromatic carbocycles.